The van der Waals surface area contributed by atoms with Crippen molar-refractivity contribution in [1.29, 1.82) is 5.26 Å². The first kappa shape index (κ1) is 12.2. The van der Waals surface area contributed by atoms with Crippen molar-refractivity contribution in [2.45, 2.75) is 12.2 Å². The number of nitrogens with one attached hydrogen (secondary N) is 1. The fourth-order valence-corrected chi connectivity index (χ4v) is 3.70. The van der Waals surface area contributed by atoms with Gasteiger partial charge in [0.15, 0.2) is 6.19 Å². The van der Waals surface area contributed by atoms with Crippen molar-refractivity contribution in [3.8, 4) is 6.19 Å². The number of rotatable bonds is 2. The van der Waals surface area contributed by atoms with Crippen LogP contribution in [0.4, 0.5) is 0 Å². The molecule has 0 amide bonds. The molecular formula is C11H12ClN4S+. The molecule has 0 bridgehead atoms. The molecule has 6 heteroatoms. The molecule has 1 aliphatic heterocycles. The van der Waals surface area contributed by atoms with Crippen molar-refractivity contribution in [3.63, 3.8) is 0 Å². The van der Waals surface area contributed by atoms with Gasteiger partial charge in [0, 0.05) is 18.2 Å². The molecule has 0 aliphatic carbocycles. The molecule has 88 valence electrons. The maximum atomic E-state index is 8.67. The summed E-state index contributed by atoms with van der Waals surface area (Å²) in [7, 11) is -0.00661. The van der Waals surface area contributed by atoms with E-state index in [1.165, 1.54) is 0 Å². The Morgan fingerprint density at radius 3 is 3.12 bits per heavy atom. The van der Waals surface area contributed by atoms with Crippen molar-refractivity contribution in [2.24, 2.45) is 4.99 Å². The Morgan fingerprint density at radius 2 is 2.41 bits per heavy atom. The first-order valence-electron chi connectivity index (χ1n) is 5.27. The van der Waals surface area contributed by atoms with Gasteiger partial charge in [-0.15, -0.1) is 0 Å². The molecule has 0 spiro atoms. The number of halogens is 1. The Labute approximate surface area is 108 Å². The van der Waals surface area contributed by atoms with Crippen molar-refractivity contribution >= 4 is 27.7 Å². The van der Waals surface area contributed by atoms with Gasteiger partial charge >= 0.3 is 5.17 Å². The Hall–Kier alpha value is -1.25. The lowest BCUT2D eigenvalue weighted by Crippen LogP contribution is -2.34. The molecule has 1 N–H and O–H groups in total. The maximum Gasteiger partial charge on any atom is 0.327 e. The van der Waals surface area contributed by atoms with Gasteiger partial charge in [-0.3, -0.25) is 0 Å². The molecule has 4 nitrogen and oxygen atoms in total. The fraction of sp³-hybridized carbons (Fsp3) is 0.364. The number of nitriles is 1. The summed E-state index contributed by atoms with van der Waals surface area (Å²) in [5.74, 6) is 1.95. The van der Waals surface area contributed by atoms with Crippen LogP contribution in [-0.4, -0.2) is 22.4 Å². The SMILES string of the molecule is N#CNC1=NCCC[S+]1Cc1ccc(Cl)nc1. The normalized spacial score (nSPS) is 19.3. The third kappa shape index (κ3) is 3.35. The number of amidine groups is 1. The van der Waals surface area contributed by atoms with Crippen LogP contribution in [-0.2, 0) is 16.6 Å². The molecule has 2 heterocycles. The highest BCUT2D eigenvalue weighted by molar-refractivity contribution is 8.10. The van der Waals surface area contributed by atoms with Crippen molar-refractivity contribution in [1.82, 2.24) is 10.3 Å². The molecule has 0 saturated heterocycles. The summed E-state index contributed by atoms with van der Waals surface area (Å²) in [6.07, 6.45) is 4.82. The van der Waals surface area contributed by atoms with E-state index in [0.717, 1.165) is 35.2 Å². The van der Waals surface area contributed by atoms with Crippen LogP contribution in [0.1, 0.15) is 12.0 Å². The van der Waals surface area contributed by atoms with Gasteiger partial charge in [-0.05, 0) is 12.1 Å². The van der Waals surface area contributed by atoms with Crippen LogP contribution < -0.4 is 5.32 Å². The second-order valence-electron chi connectivity index (χ2n) is 3.61. The Morgan fingerprint density at radius 1 is 1.53 bits per heavy atom. The predicted octanol–water partition coefficient (Wildman–Crippen LogP) is 1.68. The van der Waals surface area contributed by atoms with Crippen molar-refractivity contribution in [3.05, 3.63) is 29.0 Å². The molecule has 0 fully saturated rings. The van der Waals surface area contributed by atoms with Crippen LogP contribution in [0.3, 0.4) is 0 Å². The standard InChI is InChI=1S/C11H12ClN4S/c12-10-3-2-9(6-15-10)7-17-5-1-4-14-11(17)16-8-13/h2-3,6H,1,4-5,7H2,(H,14,16)/q+1. The van der Waals surface area contributed by atoms with Crippen molar-refractivity contribution < 1.29 is 0 Å². The number of hydrogen-bond acceptors (Lipinski definition) is 4. The molecule has 1 aliphatic rings. The van der Waals surface area contributed by atoms with E-state index < -0.39 is 0 Å². The van der Waals surface area contributed by atoms with Gasteiger partial charge < -0.3 is 0 Å². The van der Waals surface area contributed by atoms with Gasteiger partial charge in [0.1, 0.15) is 16.7 Å². The first-order valence-corrected chi connectivity index (χ1v) is 7.21. The lowest BCUT2D eigenvalue weighted by Gasteiger charge is -2.12. The smallest absolute Gasteiger partial charge is 0.244 e. The predicted molar refractivity (Wildman–Crippen MR) is 70.9 cm³/mol. The van der Waals surface area contributed by atoms with Crippen LogP contribution >= 0.6 is 11.6 Å². The third-order valence-corrected chi connectivity index (χ3v) is 4.83. The van der Waals surface area contributed by atoms with Gasteiger partial charge in [-0.1, -0.05) is 11.6 Å². The van der Waals surface area contributed by atoms with E-state index in [4.69, 9.17) is 16.9 Å². The summed E-state index contributed by atoms with van der Waals surface area (Å²) in [6, 6.07) is 3.76. The molecule has 1 atom stereocenters. The zero-order chi connectivity index (χ0) is 12.1. The van der Waals surface area contributed by atoms with Crippen LogP contribution in [0.2, 0.25) is 5.15 Å². The number of aliphatic imine (C=N–C) groups is 1. The largest absolute Gasteiger partial charge is 0.327 e. The summed E-state index contributed by atoms with van der Waals surface area (Å²) in [5.41, 5.74) is 1.13. The van der Waals surface area contributed by atoms with Gasteiger partial charge in [0.05, 0.1) is 17.4 Å². The molecule has 0 aromatic carbocycles. The molecule has 17 heavy (non-hydrogen) atoms. The lowest BCUT2D eigenvalue weighted by atomic mass is 10.3. The molecule has 2 rings (SSSR count). The zero-order valence-electron chi connectivity index (χ0n) is 9.19. The second-order valence-corrected chi connectivity index (χ2v) is 6.06. The highest BCUT2D eigenvalue weighted by Gasteiger charge is 2.29. The van der Waals surface area contributed by atoms with E-state index in [1.807, 2.05) is 12.3 Å². The highest BCUT2D eigenvalue weighted by Crippen LogP contribution is 2.15. The summed E-state index contributed by atoms with van der Waals surface area (Å²) >= 11 is 5.74. The van der Waals surface area contributed by atoms with E-state index in [2.05, 4.69) is 15.3 Å². The topological polar surface area (TPSA) is 61.1 Å². The minimum absolute atomic E-state index is 0.00661. The summed E-state index contributed by atoms with van der Waals surface area (Å²) in [4.78, 5) is 8.42. The molecule has 0 saturated carbocycles. The summed E-state index contributed by atoms with van der Waals surface area (Å²) in [6.45, 7) is 0.812. The lowest BCUT2D eigenvalue weighted by molar-refractivity contribution is 0.922. The Kier molecular flexibility index (Phi) is 4.24. The highest BCUT2D eigenvalue weighted by atomic mass is 35.5. The Balaban J connectivity index is 2.07. The van der Waals surface area contributed by atoms with Crippen LogP contribution in [0, 0.1) is 11.5 Å². The third-order valence-electron chi connectivity index (χ3n) is 2.37. The van der Waals surface area contributed by atoms with E-state index in [0.29, 0.717) is 5.15 Å². The quantitative estimate of drug-likeness (QED) is 0.384. The maximum absolute atomic E-state index is 8.67. The molecule has 1 aromatic rings. The van der Waals surface area contributed by atoms with E-state index in [9.17, 15) is 0 Å². The van der Waals surface area contributed by atoms with Gasteiger partial charge in [-0.25, -0.2) is 15.3 Å². The van der Waals surface area contributed by atoms with Crippen LogP contribution in [0.5, 0.6) is 0 Å². The monoisotopic (exact) mass is 267 g/mol. The number of pyridine rings is 1. The average Bonchev–Trinajstić information content (AvgIpc) is 2.35. The molecule has 1 aromatic heterocycles. The summed E-state index contributed by atoms with van der Waals surface area (Å²) < 4.78 is 0. The second kappa shape index (κ2) is 5.89. The molecule has 1 unspecified atom stereocenters. The first-order chi connectivity index (χ1) is 8.29. The minimum atomic E-state index is -0.00661. The fourth-order valence-electron chi connectivity index (χ4n) is 1.60. The average molecular weight is 268 g/mol. The van der Waals surface area contributed by atoms with Gasteiger partial charge in [0.25, 0.3) is 0 Å². The summed E-state index contributed by atoms with van der Waals surface area (Å²) in [5, 5.41) is 12.7. The number of aromatic nitrogens is 1. The van der Waals surface area contributed by atoms with Gasteiger partial charge in [0.2, 0.25) is 0 Å². The number of hydrogen-bond donors (Lipinski definition) is 1. The van der Waals surface area contributed by atoms with Crippen LogP contribution in [0.25, 0.3) is 0 Å². The van der Waals surface area contributed by atoms with Gasteiger partial charge in [-0.2, -0.15) is 5.26 Å². The molecular weight excluding hydrogens is 256 g/mol. The van der Waals surface area contributed by atoms with Crippen LogP contribution in [0.15, 0.2) is 23.3 Å². The van der Waals surface area contributed by atoms with E-state index in [-0.39, 0.29) is 10.9 Å². The van der Waals surface area contributed by atoms with E-state index in [1.54, 1.807) is 12.3 Å². The molecule has 0 radical (unpaired) electrons. The van der Waals surface area contributed by atoms with E-state index >= 15 is 0 Å². The zero-order valence-corrected chi connectivity index (χ0v) is 10.8. The minimum Gasteiger partial charge on any atom is -0.244 e. The van der Waals surface area contributed by atoms with Crippen molar-refractivity contribution in [2.75, 3.05) is 12.3 Å². The number of nitrogens with zero attached hydrogens (tertiary/aromatic N) is 3. The Bertz CT molecular complexity index is 452.